The first-order valence-electron chi connectivity index (χ1n) is 7.24. The number of amides is 1. The van der Waals surface area contributed by atoms with Gasteiger partial charge in [-0.3, -0.25) is 4.79 Å². The predicted octanol–water partition coefficient (Wildman–Crippen LogP) is 3.45. The van der Waals surface area contributed by atoms with E-state index in [2.05, 4.69) is 17.0 Å². The molecule has 0 aliphatic heterocycles. The fourth-order valence-electron chi connectivity index (χ4n) is 1.84. The minimum Gasteiger partial charge on any atom is -0.376 e. The highest BCUT2D eigenvalue weighted by Crippen LogP contribution is 2.03. The van der Waals surface area contributed by atoms with Gasteiger partial charge in [0.2, 0.25) is 0 Å². The van der Waals surface area contributed by atoms with E-state index in [0.717, 1.165) is 37.7 Å². The molecule has 1 N–H and O–H groups in total. The van der Waals surface area contributed by atoms with Crippen LogP contribution in [-0.2, 0) is 16.0 Å². The van der Waals surface area contributed by atoms with E-state index in [1.54, 1.807) is 0 Å². The third kappa shape index (κ3) is 7.56. The summed E-state index contributed by atoms with van der Waals surface area (Å²) in [5.41, 5.74) is 1.14. The van der Waals surface area contributed by atoms with E-state index in [0.29, 0.717) is 13.0 Å². The quantitative estimate of drug-likeness (QED) is 0.450. The van der Waals surface area contributed by atoms with Gasteiger partial charge in [0.15, 0.2) is 0 Å². The van der Waals surface area contributed by atoms with Crippen LogP contribution in [0.4, 0.5) is 4.79 Å². The Labute approximate surface area is 120 Å². The molecule has 0 radical (unpaired) electrons. The van der Waals surface area contributed by atoms with Gasteiger partial charge in [0, 0.05) is 13.0 Å². The van der Waals surface area contributed by atoms with E-state index in [9.17, 15) is 9.59 Å². The van der Waals surface area contributed by atoms with Crippen LogP contribution in [0.3, 0.4) is 0 Å². The molecule has 1 rings (SSSR count). The zero-order valence-electron chi connectivity index (χ0n) is 12.1. The molecule has 20 heavy (non-hydrogen) atoms. The van der Waals surface area contributed by atoms with Crippen LogP contribution < -0.4 is 5.32 Å². The van der Waals surface area contributed by atoms with E-state index in [1.165, 1.54) is 0 Å². The summed E-state index contributed by atoms with van der Waals surface area (Å²) in [6.07, 6.45) is 4.39. The fourth-order valence-corrected chi connectivity index (χ4v) is 1.84. The molecule has 0 unspecified atom stereocenters. The maximum Gasteiger partial charge on any atom is 0.414 e. The third-order valence-corrected chi connectivity index (χ3v) is 2.97. The Balaban J connectivity index is 2.09. The van der Waals surface area contributed by atoms with E-state index in [4.69, 9.17) is 0 Å². The lowest BCUT2D eigenvalue weighted by molar-refractivity contribution is -0.137. The highest BCUT2D eigenvalue weighted by atomic mass is 16.6. The lowest BCUT2D eigenvalue weighted by Crippen LogP contribution is -2.28. The second kappa shape index (κ2) is 10.0. The number of carbonyl (C=O) groups is 2. The number of nitrogens with one attached hydrogen (secondary N) is 1. The summed E-state index contributed by atoms with van der Waals surface area (Å²) < 4.78 is 4.68. The zero-order chi connectivity index (χ0) is 14.6. The Kier molecular flexibility index (Phi) is 8.11. The molecule has 0 saturated carbocycles. The Bertz CT molecular complexity index is 403. The summed E-state index contributed by atoms with van der Waals surface area (Å²) in [7, 11) is 0. The molecule has 0 fully saturated rings. The number of ether oxygens (including phenoxy) is 1. The smallest absolute Gasteiger partial charge is 0.376 e. The number of alkyl carbamates (subject to hydrolysis) is 1. The monoisotopic (exact) mass is 277 g/mol. The maximum absolute atomic E-state index is 11.4. The van der Waals surface area contributed by atoms with Gasteiger partial charge in [0.05, 0.1) is 0 Å². The van der Waals surface area contributed by atoms with Gasteiger partial charge in [-0.25, -0.2) is 4.79 Å². The Morgan fingerprint density at radius 1 is 1.10 bits per heavy atom. The molecule has 0 aliphatic rings. The Morgan fingerprint density at radius 3 is 2.55 bits per heavy atom. The summed E-state index contributed by atoms with van der Waals surface area (Å²) in [5, 5.41) is 2.58. The van der Waals surface area contributed by atoms with E-state index in [-0.39, 0.29) is 0 Å². The Hall–Kier alpha value is -1.84. The molecule has 4 heteroatoms. The van der Waals surface area contributed by atoms with Crippen LogP contribution in [0.25, 0.3) is 0 Å². The largest absolute Gasteiger partial charge is 0.414 e. The average Bonchev–Trinajstić information content (AvgIpc) is 2.45. The van der Waals surface area contributed by atoms with Crippen LogP contribution in [0.2, 0.25) is 0 Å². The highest BCUT2D eigenvalue weighted by Gasteiger charge is 2.09. The van der Waals surface area contributed by atoms with Crippen molar-refractivity contribution in [1.82, 2.24) is 5.32 Å². The van der Waals surface area contributed by atoms with Gasteiger partial charge in [0.1, 0.15) is 0 Å². The number of carbonyl (C=O) groups excluding carboxylic acids is 2. The number of esters is 1. The van der Waals surface area contributed by atoms with Crippen molar-refractivity contribution in [2.45, 2.75) is 45.4 Å². The lowest BCUT2D eigenvalue weighted by atomic mass is 10.1. The van der Waals surface area contributed by atoms with E-state index in [1.807, 2.05) is 30.3 Å². The molecule has 110 valence electrons. The van der Waals surface area contributed by atoms with E-state index < -0.39 is 12.1 Å². The zero-order valence-corrected chi connectivity index (χ0v) is 12.1. The molecule has 1 aromatic rings. The summed E-state index contributed by atoms with van der Waals surface area (Å²) in [6.45, 7) is 2.57. The van der Waals surface area contributed by atoms with Crippen LogP contribution in [0, 0.1) is 0 Å². The second-order valence-electron chi connectivity index (χ2n) is 4.73. The average molecular weight is 277 g/mol. The van der Waals surface area contributed by atoms with Crippen LogP contribution in [0.1, 0.15) is 44.6 Å². The Morgan fingerprint density at radius 2 is 1.85 bits per heavy atom. The van der Waals surface area contributed by atoms with Crippen LogP contribution in [0.15, 0.2) is 30.3 Å². The molecule has 0 aromatic heterocycles. The number of unbranched alkanes of at least 4 members (excludes halogenated alkanes) is 3. The van der Waals surface area contributed by atoms with Gasteiger partial charge >= 0.3 is 12.1 Å². The van der Waals surface area contributed by atoms with E-state index >= 15 is 0 Å². The molecule has 0 aliphatic carbocycles. The molecule has 4 nitrogen and oxygen atoms in total. The summed E-state index contributed by atoms with van der Waals surface area (Å²) >= 11 is 0. The predicted molar refractivity (Wildman–Crippen MR) is 78.4 cm³/mol. The van der Waals surface area contributed by atoms with Crippen molar-refractivity contribution >= 4 is 12.1 Å². The first-order chi connectivity index (χ1) is 9.72. The molecular weight excluding hydrogens is 254 g/mol. The number of benzene rings is 1. The van der Waals surface area contributed by atoms with Gasteiger partial charge in [0.25, 0.3) is 0 Å². The molecule has 0 saturated heterocycles. The summed E-state index contributed by atoms with van der Waals surface area (Å²) in [6, 6.07) is 9.83. The van der Waals surface area contributed by atoms with Gasteiger partial charge in [-0.2, -0.15) is 0 Å². The van der Waals surface area contributed by atoms with Crippen molar-refractivity contribution in [3.05, 3.63) is 35.9 Å². The standard InChI is InChI=1S/C16H23NO3/c1-2-3-4-8-11-15(18)20-16(19)17-13-12-14-9-6-5-7-10-14/h5-7,9-10H,2-4,8,11-13H2,1H3,(H,17,19). The minimum absolute atomic E-state index is 0.312. The number of rotatable bonds is 8. The lowest BCUT2D eigenvalue weighted by Gasteiger charge is -2.05. The first-order valence-corrected chi connectivity index (χ1v) is 7.24. The van der Waals surface area contributed by atoms with Crippen LogP contribution in [-0.4, -0.2) is 18.6 Å². The normalized spacial score (nSPS) is 10.1. The van der Waals surface area contributed by atoms with Crippen molar-refractivity contribution in [3.63, 3.8) is 0 Å². The first kappa shape index (κ1) is 16.2. The summed E-state index contributed by atoms with van der Waals surface area (Å²) in [5.74, 6) is -0.446. The second-order valence-corrected chi connectivity index (χ2v) is 4.73. The van der Waals surface area contributed by atoms with Crippen LogP contribution in [0.5, 0.6) is 0 Å². The molecule has 1 amide bonds. The SMILES string of the molecule is CCCCCCC(=O)OC(=O)NCCc1ccccc1. The third-order valence-electron chi connectivity index (χ3n) is 2.97. The van der Waals surface area contributed by atoms with Gasteiger partial charge in [-0.1, -0.05) is 56.5 Å². The van der Waals surface area contributed by atoms with Gasteiger partial charge in [-0.15, -0.1) is 0 Å². The summed E-state index contributed by atoms with van der Waals surface area (Å²) in [4.78, 5) is 22.7. The molecule has 0 spiro atoms. The van der Waals surface area contributed by atoms with Gasteiger partial charge < -0.3 is 10.1 Å². The topological polar surface area (TPSA) is 55.4 Å². The van der Waals surface area contributed by atoms with Gasteiger partial charge in [-0.05, 0) is 18.4 Å². The number of hydrogen-bond acceptors (Lipinski definition) is 3. The van der Waals surface area contributed by atoms with Crippen molar-refractivity contribution in [3.8, 4) is 0 Å². The van der Waals surface area contributed by atoms with Crippen molar-refractivity contribution in [1.29, 1.82) is 0 Å². The van der Waals surface area contributed by atoms with Crippen LogP contribution >= 0.6 is 0 Å². The molecule has 0 heterocycles. The minimum atomic E-state index is -0.651. The highest BCUT2D eigenvalue weighted by molar-refractivity contribution is 5.84. The molecule has 0 bridgehead atoms. The van der Waals surface area contributed by atoms with Crippen molar-refractivity contribution < 1.29 is 14.3 Å². The molecular formula is C16H23NO3. The fraction of sp³-hybridized carbons (Fsp3) is 0.500. The molecule has 1 aromatic carbocycles. The molecule has 0 atom stereocenters. The maximum atomic E-state index is 11.4. The number of hydrogen-bond donors (Lipinski definition) is 1. The van der Waals surface area contributed by atoms with Crippen molar-refractivity contribution in [2.75, 3.05) is 6.54 Å². The van der Waals surface area contributed by atoms with Crippen molar-refractivity contribution in [2.24, 2.45) is 0 Å².